The Morgan fingerprint density at radius 3 is 2.46 bits per heavy atom. The normalized spacial score (nSPS) is 11.7. The van der Waals surface area contributed by atoms with Crippen molar-refractivity contribution in [1.82, 2.24) is 4.90 Å². The minimum atomic E-state index is 0.173. The highest BCUT2D eigenvalue weighted by atomic mass is 15.1. The van der Waals surface area contributed by atoms with Gasteiger partial charge in [-0.05, 0) is 24.9 Å². The minimum Gasteiger partial charge on any atom is -0.330 e. The molecule has 2 heteroatoms. The van der Waals surface area contributed by atoms with Gasteiger partial charge in [0, 0.05) is 6.54 Å². The number of terminal acetylenes is 1. The van der Waals surface area contributed by atoms with Crippen molar-refractivity contribution in [3.63, 3.8) is 0 Å². The Kier molecular flexibility index (Phi) is 5.77. The predicted octanol–water partition coefficient (Wildman–Crippen LogP) is 1.32. The standard InChI is InChI=1S/C11H22N2/c1-5-7-13(8-6-2)10-11(3,4)9-12/h1H,6-10,12H2,2-4H3. The highest BCUT2D eigenvalue weighted by Crippen LogP contribution is 2.14. The van der Waals surface area contributed by atoms with E-state index < -0.39 is 0 Å². The van der Waals surface area contributed by atoms with Crippen LogP contribution in [0.15, 0.2) is 0 Å². The van der Waals surface area contributed by atoms with Crippen LogP contribution in [0.5, 0.6) is 0 Å². The van der Waals surface area contributed by atoms with E-state index in [1.807, 2.05) is 0 Å². The van der Waals surface area contributed by atoms with Gasteiger partial charge in [0.15, 0.2) is 0 Å². The topological polar surface area (TPSA) is 29.3 Å². The molecule has 2 nitrogen and oxygen atoms in total. The van der Waals surface area contributed by atoms with Crippen LogP contribution in [0.25, 0.3) is 0 Å². The third-order valence-electron chi connectivity index (χ3n) is 2.06. The van der Waals surface area contributed by atoms with Crippen molar-refractivity contribution in [1.29, 1.82) is 0 Å². The summed E-state index contributed by atoms with van der Waals surface area (Å²) in [6.45, 7) is 10.0. The lowest BCUT2D eigenvalue weighted by Crippen LogP contribution is -2.39. The molecule has 0 saturated carbocycles. The van der Waals surface area contributed by atoms with Crippen LogP contribution in [0, 0.1) is 17.8 Å². The van der Waals surface area contributed by atoms with Crippen molar-refractivity contribution in [2.24, 2.45) is 11.1 Å². The molecular formula is C11H22N2. The second-order valence-electron chi connectivity index (χ2n) is 4.28. The van der Waals surface area contributed by atoms with Gasteiger partial charge in [-0.2, -0.15) is 0 Å². The van der Waals surface area contributed by atoms with Gasteiger partial charge in [-0.15, -0.1) is 6.42 Å². The molecule has 0 aromatic heterocycles. The molecule has 0 atom stereocenters. The maximum absolute atomic E-state index is 5.67. The van der Waals surface area contributed by atoms with E-state index in [2.05, 4.69) is 31.6 Å². The Bertz CT molecular complexity index is 167. The Morgan fingerprint density at radius 2 is 2.08 bits per heavy atom. The highest BCUT2D eigenvalue weighted by molar-refractivity contribution is 4.89. The maximum atomic E-state index is 5.67. The molecule has 0 bridgehead atoms. The van der Waals surface area contributed by atoms with Gasteiger partial charge in [0.1, 0.15) is 0 Å². The van der Waals surface area contributed by atoms with Crippen LogP contribution in [0.4, 0.5) is 0 Å². The first kappa shape index (κ1) is 12.5. The van der Waals surface area contributed by atoms with E-state index in [-0.39, 0.29) is 5.41 Å². The third-order valence-corrected chi connectivity index (χ3v) is 2.06. The first-order valence-corrected chi connectivity index (χ1v) is 4.91. The molecule has 0 radical (unpaired) electrons. The molecule has 0 aliphatic carbocycles. The summed E-state index contributed by atoms with van der Waals surface area (Å²) < 4.78 is 0. The zero-order chi connectivity index (χ0) is 10.3. The lowest BCUT2D eigenvalue weighted by atomic mass is 9.93. The molecule has 0 spiro atoms. The smallest absolute Gasteiger partial charge is 0.0599 e. The summed E-state index contributed by atoms with van der Waals surface area (Å²) in [7, 11) is 0. The van der Waals surface area contributed by atoms with E-state index in [4.69, 9.17) is 12.2 Å². The SMILES string of the molecule is C#CCN(CCC)CC(C)(C)CN. The van der Waals surface area contributed by atoms with E-state index in [9.17, 15) is 0 Å². The molecule has 0 saturated heterocycles. The largest absolute Gasteiger partial charge is 0.330 e. The van der Waals surface area contributed by atoms with E-state index in [0.29, 0.717) is 6.54 Å². The van der Waals surface area contributed by atoms with E-state index in [1.165, 1.54) is 0 Å². The van der Waals surface area contributed by atoms with Gasteiger partial charge in [-0.3, -0.25) is 4.90 Å². The van der Waals surface area contributed by atoms with Crippen LogP contribution in [0.2, 0.25) is 0 Å². The Hall–Kier alpha value is -0.520. The van der Waals surface area contributed by atoms with E-state index in [0.717, 1.165) is 26.1 Å². The predicted molar refractivity (Wildman–Crippen MR) is 58.4 cm³/mol. The van der Waals surface area contributed by atoms with Crippen LogP contribution in [-0.4, -0.2) is 31.1 Å². The lowest BCUT2D eigenvalue weighted by molar-refractivity contribution is 0.201. The molecule has 0 amide bonds. The van der Waals surface area contributed by atoms with Crippen LogP contribution >= 0.6 is 0 Å². The third kappa shape index (κ3) is 5.68. The molecule has 0 aliphatic rings. The van der Waals surface area contributed by atoms with Crippen LogP contribution in [-0.2, 0) is 0 Å². The van der Waals surface area contributed by atoms with E-state index >= 15 is 0 Å². The molecule has 0 aliphatic heterocycles. The first-order chi connectivity index (χ1) is 6.05. The number of hydrogen-bond acceptors (Lipinski definition) is 2. The second-order valence-corrected chi connectivity index (χ2v) is 4.28. The van der Waals surface area contributed by atoms with Crippen LogP contribution in [0.3, 0.4) is 0 Å². The Labute approximate surface area is 82.5 Å². The van der Waals surface area contributed by atoms with E-state index in [1.54, 1.807) is 0 Å². The van der Waals surface area contributed by atoms with Gasteiger partial charge in [-0.25, -0.2) is 0 Å². The number of hydrogen-bond donors (Lipinski definition) is 1. The summed E-state index contributed by atoms with van der Waals surface area (Å²) in [5, 5.41) is 0. The molecule has 0 aromatic carbocycles. The van der Waals surface area contributed by atoms with Gasteiger partial charge in [0.05, 0.1) is 6.54 Å². The first-order valence-electron chi connectivity index (χ1n) is 4.91. The van der Waals surface area contributed by atoms with Crippen molar-refractivity contribution >= 4 is 0 Å². The van der Waals surface area contributed by atoms with Crippen molar-refractivity contribution in [2.75, 3.05) is 26.2 Å². The number of nitrogens with zero attached hydrogens (tertiary/aromatic N) is 1. The number of rotatable bonds is 6. The van der Waals surface area contributed by atoms with Gasteiger partial charge < -0.3 is 5.73 Å². The summed E-state index contributed by atoms with van der Waals surface area (Å²) in [4.78, 5) is 2.28. The molecule has 0 fully saturated rings. The fourth-order valence-electron chi connectivity index (χ4n) is 1.33. The zero-order valence-electron chi connectivity index (χ0n) is 9.14. The summed E-state index contributed by atoms with van der Waals surface area (Å²) in [5.74, 6) is 2.68. The number of nitrogens with two attached hydrogens (primary N) is 1. The highest BCUT2D eigenvalue weighted by Gasteiger charge is 2.18. The van der Waals surface area contributed by atoms with Gasteiger partial charge in [-0.1, -0.05) is 26.7 Å². The van der Waals surface area contributed by atoms with Crippen molar-refractivity contribution < 1.29 is 0 Å². The van der Waals surface area contributed by atoms with Gasteiger partial charge >= 0.3 is 0 Å². The summed E-state index contributed by atoms with van der Waals surface area (Å²) in [6, 6.07) is 0. The molecule has 0 heterocycles. The average Bonchev–Trinajstić information content (AvgIpc) is 2.05. The summed E-state index contributed by atoms with van der Waals surface area (Å²) >= 11 is 0. The van der Waals surface area contributed by atoms with Crippen molar-refractivity contribution in [2.45, 2.75) is 27.2 Å². The lowest BCUT2D eigenvalue weighted by Gasteiger charge is -2.30. The van der Waals surface area contributed by atoms with Crippen LogP contribution in [0.1, 0.15) is 27.2 Å². The van der Waals surface area contributed by atoms with Gasteiger partial charge in [0.25, 0.3) is 0 Å². The molecule has 13 heavy (non-hydrogen) atoms. The summed E-state index contributed by atoms with van der Waals surface area (Å²) in [6.07, 6.45) is 6.44. The quantitative estimate of drug-likeness (QED) is 0.628. The molecule has 0 aromatic rings. The van der Waals surface area contributed by atoms with Crippen LogP contribution < -0.4 is 5.73 Å². The Balaban J connectivity index is 4.01. The average molecular weight is 182 g/mol. The molecular weight excluding hydrogens is 160 g/mol. The fourth-order valence-corrected chi connectivity index (χ4v) is 1.33. The molecule has 2 N–H and O–H groups in total. The van der Waals surface area contributed by atoms with Gasteiger partial charge in [0.2, 0.25) is 0 Å². The molecule has 76 valence electrons. The monoisotopic (exact) mass is 182 g/mol. The Morgan fingerprint density at radius 1 is 1.46 bits per heavy atom. The summed E-state index contributed by atoms with van der Waals surface area (Å²) in [5.41, 5.74) is 5.84. The zero-order valence-corrected chi connectivity index (χ0v) is 9.14. The van der Waals surface area contributed by atoms with Crippen molar-refractivity contribution in [3.8, 4) is 12.3 Å². The molecule has 0 rings (SSSR count). The fraction of sp³-hybridized carbons (Fsp3) is 0.818. The van der Waals surface area contributed by atoms with Crippen molar-refractivity contribution in [3.05, 3.63) is 0 Å². The maximum Gasteiger partial charge on any atom is 0.0599 e. The molecule has 0 unspecified atom stereocenters. The minimum absolute atomic E-state index is 0.173. The second kappa shape index (κ2) is 6.01.